The molecule has 0 aliphatic carbocycles. The molecule has 0 amide bonds. The van der Waals surface area contributed by atoms with Crippen LogP contribution in [-0.4, -0.2) is 20.6 Å². The van der Waals surface area contributed by atoms with Gasteiger partial charge >= 0.3 is 0 Å². The van der Waals surface area contributed by atoms with Crippen molar-refractivity contribution < 1.29 is 9.13 Å². The number of ether oxygens (including phenoxy) is 1. The molecule has 0 saturated carbocycles. The zero-order valence-corrected chi connectivity index (χ0v) is 13.6. The van der Waals surface area contributed by atoms with Crippen molar-refractivity contribution in [1.29, 1.82) is 0 Å². The van der Waals surface area contributed by atoms with Gasteiger partial charge in [-0.25, -0.2) is 9.37 Å². The number of nitrogens with one attached hydrogen (secondary N) is 1. The van der Waals surface area contributed by atoms with Crippen molar-refractivity contribution in [2.75, 3.05) is 5.32 Å². The number of fused-ring (bicyclic) bond motifs is 1. The Morgan fingerprint density at radius 1 is 1.25 bits per heavy atom. The Morgan fingerprint density at radius 2 is 2.00 bits per heavy atom. The Hall–Kier alpha value is -2.96. The van der Waals surface area contributed by atoms with E-state index in [-0.39, 0.29) is 17.5 Å². The second-order valence-electron chi connectivity index (χ2n) is 5.68. The van der Waals surface area contributed by atoms with Crippen molar-refractivity contribution in [3.8, 4) is 11.5 Å². The number of benzene rings is 1. The van der Waals surface area contributed by atoms with Crippen molar-refractivity contribution in [3.63, 3.8) is 0 Å². The number of para-hydroxylation sites is 1. The standard InChI is InChI=1S/C17H17FN4O2/c1-10(2)20-17-19-9-11-8-14(16(23)22(3)15(11)21-17)24-13-7-5-4-6-12(13)18/h4-10H,1-3H3,(H,19,20,21). The highest BCUT2D eigenvalue weighted by molar-refractivity contribution is 5.76. The summed E-state index contributed by atoms with van der Waals surface area (Å²) in [6, 6.07) is 7.61. The average Bonchev–Trinajstić information content (AvgIpc) is 2.54. The molecule has 3 aromatic rings. The van der Waals surface area contributed by atoms with E-state index in [9.17, 15) is 9.18 Å². The van der Waals surface area contributed by atoms with Crippen LogP contribution in [0.2, 0.25) is 0 Å². The summed E-state index contributed by atoms with van der Waals surface area (Å²) in [6.45, 7) is 3.94. The molecule has 7 heteroatoms. The molecular formula is C17H17FN4O2. The van der Waals surface area contributed by atoms with Crippen LogP contribution in [0.3, 0.4) is 0 Å². The van der Waals surface area contributed by atoms with E-state index in [1.165, 1.54) is 22.8 Å². The minimum absolute atomic E-state index is 0.00652. The van der Waals surface area contributed by atoms with Gasteiger partial charge in [-0.3, -0.25) is 9.36 Å². The largest absolute Gasteiger partial charge is 0.448 e. The Kier molecular flexibility index (Phi) is 4.16. The molecule has 1 N–H and O–H groups in total. The van der Waals surface area contributed by atoms with Gasteiger partial charge in [0.05, 0.1) is 0 Å². The van der Waals surface area contributed by atoms with Crippen molar-refractivity contribution in [1.82, 2.24) is 14.5 Å². The fraction of sp³-hybridized carbons (Fsp3) is 0.235. The van der Waals surface area contributed by atoms with E-state index in [1.54, 1.807) is 25.4 Å². The number of pyridine rings is 1. The third-order valence-electron chi connectivity index (χ3n) is 3.39. The fourth-order valence-electron chi connectivity index (χ4n) is 2.26. The second-order valence-corrected chi connectivity index (χ2v) is 5.68. The molecule has 0 saturated heterocycles. The summed E-state index contributed by atoms with van der Waals surface area (Å²) in [5, 5.41) is 3.71. The third kappa shape index (κ3) is 3.05. The minimum Gasteiger partial charge on any atom is -0.448 e. The first-order valence-corrected chi connectivity index (χ1v) is 7.51. The molecule has 0 aliphatic rings. The molecule has 6 nitrogen and oxygen atoms in total. The van der Waals surface area contributed by atoms with Crippen molar-refractivity contribution in [2.24, 2.45) is 7.05 Å². The highest BCUT2D eigenvalue weighted by Crippen LogP contribution is 2.24. The number of halogens is 1. The van der Waals surface area contributed by atoms with Gasteiger partial charge in [-0.15, -0.1) is 0 Å². The Balaban J connectivity index is 2.07. The predicted octanol–water partition coefficient (Wildman–Crippen LogP) is 3.08. The number of rotatable bonds is 4. The summed E-state index contributed by atoms with van der Waals surface area (Å²) in [5.74, 6) is -0.0844. The lowest BCUT2D eigenvalue weighted by Crippen LogP contribution is -2.20. The molecule has 1 aromatic carbocycles. The molecule has 0 radical (unpaired) electrons. The number of hydrogen-bond acceptors (Lipinski definition) is 5. The van der Waals surface area contributed by atoms with Gasteiger partial charge in [0.2, 0.25) is 5.95 Å². The van der Waals surface area contributed by atoms with Crippen LogP contribution in [0.5, 0.6) is 11.5 Å². The fourth-order valence-corrected chi connectivity index (χ4v) is 2.26. The molecule has 0 atom stereocenters. The van der Waals surface area contributed by atoms with E-state index in [2.05, 4.69) is 15.3 Å². The van der Waals surface area contributed by atoms with Crippen LogP contribution in [0.1, 0.15) is 13.8 Å². The van der Waals surface area contributed by atoms with E-state index in [0.29, 0.717) is 17.0 Å². The number of aromatic nitrogens is 3. The lowest BCUT2D eigenvalue weighted by atomic mass is 10.3. The summed E-state index contributed by atoms with van der Waals surface area (Å²) >= 11 is 0. The average molecular weight is 328 g/mol. The van der Waals surface area contributed by atoms with Crippen molar-refractivity contribution in [2.45, 2.75) is 19.9 Å². The monoisotopic (exact) mass is 328 g/mol. The SMILES string of the molecule is CC(C)Nc1ncc2cc(Oc3ccccc3F)c(=O)n(C)c2n1. The molecule has 24 heavy (non-hydrogen) atoms. The summed E-state index contributed by atoms with van der Waals surface area (Å²) in [6.07, 6.45) is 1.60. The molecule has 3 rings (SSSR count). The molecule has 0 aliphatic heterocycles. The van der Waals surface area contributed by atoms with Crippen LogP contribution in [0.25, 0.3) is 11.0 Å². The molecule has 2 aromatic heterocycles. The Labute approximate surface area is 137 Å². The van der Waals surface area contributed by atoms with Gasteiger partial charge in [0.25, 0.3) is 5.56 Å². The van der Waals surface area contributed by atoms with Gasteiger partial charge in [0.15, 0.2) is 17.3 Å². The second kappa shape index (κ2) is 6.27. The van der Waals surface area contributed by atoms with Gasteiger partial charge in [0.1, 0.15) is 5.65 Å². The van der Waals surface area contributed by atoms with Crippen LogP contribution < -0.4 is 15.6 Å². The first-order valence-electron chi connectivity index (χ1n) is 7.51. The molecule has 2 heterocycles. The number of nitrogens with zero attached hydrogens (tertiary/aromatic N) is 3. The third-order valence-corrected chi connectivity index (χ3v) is 3.39. The van der Waals surface area contributed by atoms with E-state index in [1.807, 2.05) is 13.8 Å². The maximum atomic E-state index is 13.7. The lowest BCUT2D eigenvalue weighted by Gasteiger charge is -2.12. The van der Waals surface area contributed by atoms with E-state index >= 15 is 0 Å². The van der Waals surface area contributed by atoms with E-state index < -0.39 is 11.4 Å². The molecule has 124 valence electrons. The minimum atomic E-state index is -0.535. The highest BCUT2D eigenvalue weighted by atomic mass is 19.1. The van der Waals surface area contributed by atoms with Gasteiger partial charge in [-0.05, 0) is 32.0 Å². The van der Waals surface area contributed by atoms with E-state index in [4.69, 9.17) is 4.74 Å². The quantitative estimate of drug-likeness (QED) is 0.797. The van der Waals surface area contributed by atoms with Gasteiger partial charge in [-0.1, -0.05) is 12.1 Å². The van der Waals surface area contributed by atoms with Gasteiger partial charge in [-0.2, -0.15) is 4.98 Å². The normalized spacial score (nSPS) is 11.0. The van der Waals surface area contributed by atoms with Crippen LogP contribution >= 0.6 is 0 Å². The molecule has 0 spiro atoms. The molecule has 0 unspecified atom stereocenters. The maximum Gasteiger partial charge on any atom is 0.294 e. The number of anilines is 1. The van der Waals surface area contributed by atoms with E-state index in [0.717, 1.165) is 0 Å². The maximum absolute atomic E-state index is 13.7. The van der Waals surface area contributed by atoms with Crippen LogP contribution in [-0.2, 0) is 7.05 Å². The molecule has 0 bridgehead atoms. The van der Waals surface area contributed by atoms with Crippen LogP contribution in [0, 0.1) is 5.82 Å². The first kappa shape index (κ1) is 15.9. The number of aryl methyl sites for hydroxylation is 1. The van der Waals surface area contributed by atoms with Gasteiger partial charge < -0.3 is 10.1 Å². The smallest absolute Gasteiger partial charge is 0.294 e. The number of hydrogen-bond donors (Lipinski definition) is 1. The summed E-state index contributed by atoms with van der Waals surface area (Å²) in [7, 11) is 1.59. The zero-order valence-electron chi connectivity index (χ0n) is 13.6. The zero-order chi connectivity index (χ0) is 17.3. The molecular weight excluding hydrogens is 311 g/mol. The van der Waals surface area contributed by atoms with Crippen molar-refractivity contribution >= 4 is 17.0 Å². The summed E-state index contributed by atoms with van der Waals surface area (Å²) in [5.41, 5.74) is 0.0685. The first-order chi connectivity index (χ1) is 11.5. The highest BCUT2D eigenvalue weighted by Gasteiger charge is 2.13. The predicted molar refractivity (Wildman–Crippen MR) is 90.0 cm³/mol. The van der Waals surface area contributed by atoms with Crippen LogP contribution in [0.15, 0.2) is 41.3 Å². The van der Waals surface area contributed by atoms with Crippen molar-refractivity contribution in [3.05, 3.63) is 52.7 Å². The lowest BCUT2D eigenvalue weighted by molar-refractivity contribution is 0.434. The summed E-state index contributed by atoms with van der Waals surface area (Å²) < 4.78 is 20.5. The Bertz CT molecular complexity index is 953. The molecule has 0 fully saturated rings. The summed E-state index contributed by atoms with van der Waals surface area (Å²) in [4.78, 5) is 21.0. The van der Waals surface area contributed by atoms with Crippen LogP contribution in [0.4, 0.5) is 10.3 Å². The Morgan fingerprint density at radius 3 is 2.71 bits per heavy atom. The van der Waals surface area contributed by atoms with Gasteiger partial charge in [0, 0.05) is 24.7 Å². The topological polar surface area (TPSA) is 69.0 Å².